The predicted molar refractivity (Wildman–Crippen MR) is 102 cm³/mol. The van der Waals surface area contributed by atoms with Crippen molar-refractivity contribution in [3.05, 3.63) is 46.9 Å². The van der Waals surface area contributed by atoms with Gasteiger partial charge in [-0.15, -0.1) is 17.7 Å². The van der Waals surface area contributed by atoms with E-state index in [4.69, 9.17) is 4.74 Å². The van der Waals surface area contributed by atoms with Crippen LogP contribution in [0.3, 0.4) is 0 Å². The number of allylic oxidation sites excluding steroid dienone is 2. The molecular weight excluding hydrogens is 419 g/mol. The first-order valence-corrected chi connectivity index (χ1v) is 10.7. The first-order chi connectivity index (χ1) is 10.7. The molecule has 1 radical (unpaired) electrons. The third-order valence-electron chi connectivity index (χ3n) is 3.94. The van der Waals surface area contributed by atoms with Gasteiger partial charge in [0, 0.05) is 11.8 Å². The van der Waals surface area contributed by atoms with Gasteiger partial charge in [0.05, 0.1) is 7.11 Å². The van der Waals surface area contributed by atoms with Crippen LogP contribution in [0.5, 0.6) is 5.75 Å². The molecule has 1 aromatic rings. The zero-order chi connectivity index (χ0) is 17.2. The smallest absolute Gasteiger partial charge is 1.00 e. The molecule has 0 amide bonds. The predicted octanol–water partition coefficient (Wildman–Crippen LogP) is -0.864. The summed E-state index contributed by atoms with van der Waals surface area (Å²) in [7, 11) is 3.47. The van der Waals surface area contributed by atoms with E-state index in [0.717, 1.165) is 12.2 Å². The second kappa shape index (κ2) is 11.7. The quantitative estimate of drug-likeness (QED) is 0.435. The van der Waals surface area contributed by atoms with Gasteiger partial charge in [0.25, 0.3) is 0 Å². The molecule has 3 nitrogen and oxygen atoms in total. The largest absolute Gasteiger partial charge is 4.00 e. The molecule has 26 heavy (non-hydrogen) atoms. The molecule has 0 bridgehead atoms. The van der Waals surface area contributed by atoms with Crippen molar-refractivity contribution < 1.29 is 51.3 Å². The molecule has 1 heterocycles. The summed E-state index contributed by atoms with van der Waals surface area (Å²) in [5.74, 6) is 1.51. The Kier molecular flexibility index (Phi) is 12.6. The van der Waals surface area contributed by atoms with Crippen LogP contribution in [0.1, 0.15) is 38.7 Å². The fraction of sp³-hybridized carbons (Fsp3) is 0.526. The molecule has 0 aromatic heterocycles. The third kappa shape index (κ3) is 7.14. The molecule has 2 aliphatic rings. The summed E-state index contributed by atoms with van der Waals surface area (Å²) in [5.41, 5.74) is 4.33. The molecule has 1 aromatic carbocycles. The topological polar surface area (TPSA) is 26.6 Å². The molecule has 1 aliphatic heterocycles. The van der Waals surface area contributed by atoms with E-state index >= 15 is 0 Å². The van der Waals surface area contributed by atoms with E-state index in [1.54, 1.807) is 7.11 Å². The van der Waals surface area contributed by atoms with Crippen LogP contribution in [-0.4, -0.2) is 28.7 Å². The average Bonchev–Trinajstić information content (AvgIpc) is 3.01. The van der Waals surface area contributed by atoms with E-state index in [1.807, 2.05) is 6.07 Å². The second-order valence-electron chi connectivity index (χ2n) is 7.33. The maximum absolute atomic E-state index is 5.26. The van der Waals surface area contributed by atoms with Crippen LogP contribution < -0.4 is 34.5 Å². The normalized spacial score (nSPS) is 16.5. The van der Waals surface area contributed by atoms with Crippen LogP contribution in [0.2, 0.25) is 13.1 Å². The minimum atomic E-state index is -0.367. The van der Waals surface area contributed by atoms with Gasteiger partial charge in [0.1, 0.15) is 5.75 Å². The van der Waals surface area contributed by atoms with Crippen molar-refractivity contribution in [2.45, 2.75) is 51.7 Å². The Bertz CT molecular complexity index is 591. The molecule has 7 heteroatoms. The molecule has 0 saturated heterocycles. The van der Waals surface area contributed by atoms with E-state index < -0.39 is 0 Å². The summed E-state index contributed by atoms with van der Waals surface area (Å²) in [4.78, 5) is 6.78. The van der Waals surface area contributed by atoms with Gasteiger partial charge in [-0.3, -0.25) is 0 Å². The Morgan fingerprint density at radius 3 is 2.31 bits per heavy atom. The van der Waals surface area contributed by atoms with Gasteiger partial charge in [-0.1, -0.05) is 54.8 Å². The summed E-state index contributed by atoms with van der Waals surface area (Å²) in [5, 5.41) is 0. The summed E-state index contributed by atoms with van der Waals surface area (Å²) in [6.07, 6.45) is 5.62. The number of likely N-dealkylation sites (N-methyl/N-ethyl adjacent to an activating group) is 1. The number of halogens is 2. The molecule has 0 spiro atoms. The number of methoxy groups -OCH3 is 1. The Hall–Kier alpha value is -0.0988. The summed E-state index contributed by atoms with van der Waals surface area (Å²) in [6.45, 7) is 10.8. The van der Waals surface area contributed by atoms with E-state index in [9.17, 15) is 0 Å². The molecule has 3 rings (SSSR count). The maximum atomic E-state index is 5.26. The fourth-order valence-electron chi connectivity index (χ4n) is 3.24. The number of hydrogen-bond donors (Lipinski definition) is 0. The van der Waals surface area contributed by atoms with Gasteiger partial charge in [0.15, 0.2) is 0 Å². The number of fused-ring (bicyclic) bond motifs is 3. The maximum Gasteiger partial charge on any atom is 4.00 e. The Morgan fingerprint density at radius 2 is 1.85 bits per heavy atom. The van der Waals surface area contributed by atoms with Gasteiger partial charge in [-0.25, -0.2) is 12.5 Å². The van der Waals surface area contributed by atoms with Gasteiger partial charge in [0.2, 0.25) is 0 Å². The minimum absolute atomic E-state index is 0. The summed E-state index contributed by atoms with van der Waals surface area (Å²) >= 11 is 0. The number of hydrogen-bond acceptors (Lipinski definition) is 2. The SMILES string of the molecule is COc1ccc2c(c1)N(C)C1=C[CH-]CC12.C[Si](C)[N-]C(C)(C)C.[Cl-].[Cl-].[Ti+4]. The third-order valence-corrected chi connectivity index (χ3v) is 5.06. The monoisotopic (exact) mass is 447 g/mol. The second-order valence-corrected chi connectivity index (χ2v) is 9.45. The van der Waals surface area contributed by atoms with E-state index in [-0.39, 0.29) is 61.0 Å². The molecular formula is C19H29Cl2N2OSiTi. The van der Waals surface area contributed by atoms with Gasteiger partial charge in [-0.2, -0.15) is 0 Å². The van der Waals surface area contributed by atoms with Crippen molar-refractivity contribution in [3.8, 4) is 5.75 Å². The zero-order valence-corrected chi connectivity index (χ0v) is 20.8. The molecule has 143 valence electrons. The number of anilines is 1. The molecule has 0 fully saturated rings. The van der Waals surface area contributed by atoms with Crippen LogP contribution in [0.4, 0.5) is 5.69 Å². The van der Waals surface area contributed by atoms with Crippen molar-refractivity contribution in [1.82, 2.24) is 0 Å². The molecule has 1 aliphatic carbocycles. The van der Waals surface area contributed by atoms with Crippen molar-refractivity contribution in [3.63, 3.8) is 0 Å². The Balaban J connectivity index is 0. The standard InChI is InChI=1S/C13H14NO.C6H15NSi.2ClH.Ti/c1-14-12-5-3-4-10(12)11-7-6-9(15-2)8-13(11)14;1-6(2,3)7-8(4)5;;;/h3,5-8,10H,4H2,1-2H3;1-5H3;2*1H;/q2*-1;;;+4/p-2. The molecule has 0 N–H and O–H groups in total. The summed E-state index contributed by atoms with van der Waals surface area (Å²) < 4.78 is 5.26. The zero-order valence-electron chi connectivity index (χ0n) is 16.7. The number of rotatable bonds is 2. The van der Waals surface area contributed by atoms with Gasteiger partial charge in [-0.05, 0) is 18.7 Å². The first-order valence-electron chi connectivity index (χ1n) is 8.21. The number of nitrogens with zero attached hydrogens (tertiary/aromatic N) is 2. The van der Waals surface area contributed by atoms with Gasteiger partial charge >= 0.3 is 21.7 Å². The van der Waals surface area contributed by atoms with Crippen LogP contribution in [0.25, 0.3) is 4.98 Å². The van der Waals surface area contributed by atoms with Crippen LogP contribution >= 0.6 is 0 Å². The fourth-order valence-corrected chi connectivity index (χ4v) is 4.58. The molecule has 1 atom stereocenters. The average molecular weight is 448 g/mol. The van der Waals surface area contributed by atoms with Crippen molar-refractivity contribution >= 4 is 14.6 Å². The Labute approximate surface area is 188 Å². The first kappa shape index (κ1) is 28.1. The number of ether oxygens (including phenoxy) is 1. The van der Waals surface area contributed by atoms with E-state index in [1.165, 1.54) is 16.9 Å². The van der Waals surface area contributed by atoms with Crippen molar-refractivity contribution in [2.75, 3.05) is 19.1 Å². The Morgan fingerprint density at radius 1 is 1.23 bits per heavy atom. The van der Waals surface area contributed by atoms with E-state index in [0.29, 0.717) is 5.92 Å². The van der Waals surface area contributed by atoms with E-state index in [2.05, 4.69) is 75.4 Å². The van der Waals surface area contributed by atoms with Crippen LogP contribution in [0.15, 0.2) is 30.0 Å². The number of benzene rings is 1. The van der Waals surface area contributed by atoms with Gasteiger partial charge < -0.3 is 39.4 Å². The summed E-state index contributed by atoms with van der Waals surface area (Å²) in [6, 6.07) is 6.36. The minimum Gasteiger partial charge on any atom is -1.00 e. The van der Waals surface area contributed by atoms with Crippen molar-refractivity contribution in [1.29, 1.82) is 0 Å². The molecule has 1 unspecified atom stereocenters. The van der Waals surface area contributed by atoms with Crippen LogP contribution in [0, 0.1) is 6.42 Å². The molecule has 0 saturated carbocycles. The van der Waals surface area contributed by atoms with Crippen LogP contribution in [-0.2, 0) is 21.7 Å². The van der Waals surface area contributed by atoms with Crippen molar-refractivity contribution in [2.24, 2.45) is 0 Å².